The third kappa shape index (κ3) is 1.21. The molecule has 0 aromatic carbocycles. The Morgan fingerprint density at radius 1 is 1.78 bits per heavy atom. The fourth-order valence-electron chi connectivity index (χ4n) is 1.11. The van der Waals surface area contributed by atoms with E-state index >= 15 is 0 Å². The lowest BCUT2D eigenvalue weighted by Gasteiger charge is -2.07. The highest BCUT2D eigenvalue weighted by molar-refractivity contribution is 5.71. The van der Waals surface area contributed by atoms with E-state index in [0.717, 1.165) is 6.42 Å². The Morgan fingerprint density at radius 2 is 2.44 bits per heavy atom. The van der Waals surface area contributed by atoms with Gasteiger partial charge < -0.3 is 10.8 Å². The first-order valence-corrected chi connectivity index (χ1v) is 3.03. The third-order valence-electron chi connectivity index (χ3n) is 1.70. The van der Waals surface area contributed by atoms with Gasteiger partial charge in [0.1, 0.15) is 0 Å². The minimum Gasteiger partial charge on any atom is -0.481 e. The van der Waals surface area contributed by atoms with Gasteiger partial charge in [-0.3, -0.25) is 4.79 Å². The van der Waals surface area contributed by atoms with Crippen LogP contribution in [0.1, 0.15) is 12.8 Å². The first-order chi connectivity index (χ1) is 4.22. The Hall–Kier alpha value is -0.570. The van der Waals surface area contributed by atoms with Crippen LogP contribution in [0.5, 0.6) is 0 Å². The van der Waals surface area contributed by atoms with Crippen LogP contribution < -0.4 is 5.73 Å². The second kappa shape index (κ2) is 2.35. The monoisotopic (exact) mass is 128 g/mol. The number of aliphatic carboxylic acids is 1. The Labute approximate surface area is 53.9 Å². The molecule has 51 valence electrons. The number of rotatable bonds is 1. The first kappa shape index (κ1) is 6.55. The molecule has 3 N–H and O–H groups in total. The molecule has 0 aromatic heterocycles. The van der Waals surface area contributed by atoms with Crippen LogP contribution in [0.25, 0.3) is 0 Å². The van der Waals surface area contributed by atoms with E-state index in [4.69, 9.17) is 10.8 Å². The second-order valence-electron chi connectivity index (χ2n) is 2.34. The molecule has 0 aromatic rings. The van der Waals surface area contributed by atoms with Crippen molar-refractivity contribution < 1.29 is 9.90 Å². The van der Waals surface area contributed by atoms with E-state index in [9.17, 15) is 4.79 Å². The van der Waals surface area contributed by atoms with Gasteiger partial charge in [-0.2, -0.15) is 0 Å². The first-order valence-electron chi connectivity index (χ1n) is 3.03. The summed E-state index contributed by atoms with van der Waals surface area (Å²) >= 11 is 0. The van der Waals surface area contributed by atoms with Crippen molar-refractivity contribution in [2.75, 3.05) is 0 Å². The number of hydrogen-bond donors (Lipinski definition) is 2. The van der Waals surface area contributed by atoms with Gasteiger partial charge in [-0.15, -0.1) is 0 Å². The van der Waals surface area contributed by atoms with Gasteiger partial charge in [0.2, 0.25) is 0 Å². The van der Waals surface area contributed by atoms with Crippen molar-refractivity contribution in [3.05, 3.63) is 6.42 Å². The summed E-state index contributed by atoms with van der Waals surface area (Å²) in [7, 11) is 0. The lowest BCUT2D eigenvalue weighted by molar-refractivity contribution is -0.141. The van der Waals surface area contributed by atoms with E-state index in [1.807, 2.05) is 6.42 Å². The van der Waals surface area contributed by atoms with Crippen molar-refractivity contribution in [2.24, 2.45) is 11.7 Å². The van der Waals surface area contributed by atoms with Crippen molar-refractivity contribution in [2.45, 2.75) is 18.9 Å². The molecule has 1 aliphatic carbocycles. The second-order valence-corrected chi connectivity index (χ2v) is 2.34. The van der Waals surface area contributed by atoms with Crippen molar-refractivity contribution in [1.29, 1.82) is 0 Å². The van der Waals surface area contributed by atoms with E-state index in [0.29, 0.717) is 6.42 Å². The smallest absolute Gasteiger partial charge is 0.308 e. The summed E-state index contributed by atoms with van der Waals surface area (Å²) in [5.41, 5.74) is 5.44. The molecule has 0 amide bonds. The Bertz CT molecular complexity index is 124. The van der Waals surface area contributed by atoms with Crippen LogP contribution in [0, 0.1) is 12.3 Å². The van der Waals surface area contributed by atoms with Crippen molar-refractivity contribution in [3.63, 3.8) is 0 Å². The fraction of sp³-hybridized carbons (Fsp3) is 0.667. The van der Waals surface area contributed by atoms with Crippen molar-refractivity contribution in [3.8, 4) is 0 Å². The summed E-state index contributed by atoms with van der Waals surface area (Å²) in [5.74, 6) is -1.10. The molecule has 1 radical (unpaired) electrons. The van der Waals surface area contributed by atoms with Crippen LogP contribution in [0.15, 0.2) is 0 Å². The highest BCUT2D eigenvalue weighted by Gasteiger charge is 2.29. The van der Waals surface area contributed by atoms with Gasteiger partial charge in [0.05, 0.1) is 5.92 Å². The number of carboxylic acid groups (broad SMARTS) is 1. The summed E-state index contributed by atoms with van der Waals surface area (Å²) in [6.07, 6.45) is 3.41. The van der Waals surface area contributed by atoms with E-state index in [2.05, 4.69) is 0 Å². The number of nitrogens with two attached hydrogens (primary N) is 1. The molecule has 3 nitrogen and oxygen atoms in total. The van der Waals surface area contributed by atoms with Crippen LogP contribution in [-0.4, -0.2) is 17.1 Å². The maximum absolute atomic E-state index is 10.3. The number of carboxylic acids is 1. The van der Waals surface area contributed by atoms with E-state index in [1.165, 1.54) is 0 Å². The molecule has 0 aliphatic heterocycles. The summed E-state index contributed by atoms with van der Waals surface area (Å²) in [6.45, 7) is 0. The van der Waals surface area contributed by atoms with Gasteiger partial charge >= 0.3 is 5.97 Å². The maximum atomic E-state index is 10.3. The van der Waals surface area contributed by atoms with E-state index in [-0.39, 0.29) is 12.0 Å². The predicted octanol–water partition coefficient (Wildman–Crippen LogP) is 0.0126. The van der Waals surface area contributed by atoms with Crippen LogP contribution >= 0.6 is 0 Å². The highest BCUT2D eigenvalue weighted by atomic mass is 16.4. The molecule has 0 bridgehead atoms. The minimum absolute atomic E-state index is 0.220. The molecule has 0 saturated heterocycles. The minimum atomic E-state index is -0.767. The van der Waals surface area contributed by atoms with E-state index < -0.39 is 5.97 Å². The number of carbonyl (C=O) groups is 1. The predicted molar refractivity (Wildman–Crippen MR) is 32.6 cm³/mol. The maximum Gasteiger partial charge on any atom is 0.308 e. The fourth-order valence-corrected chi connectivity index (χ4v) is 1.11. The summed E-state index contributed by atoms with van der Waals surface area (Å²) in [6, 6.07) is -0.220. The third-order valence-corrected chi connectivity index (χ3v) is 1.70. The van der Waals surface area contributed by atoms with Crippen LogP contribution in [0.4, 0.5) is 0 Å². The van der Waals surface area contributed by atoms with E-state index in [1.54, 1.807) is 0 Å². The van der Waals surface area contributed by atoms with Crippen LogP contribution in [-0.2, 0) is 4.79 Å². The zero-order valence-electron chi connectivity index (χ0n) is 5.08. The Balaban J connectivity index is 2.49. The average molecular weight is 128 g/mol. The quantitative estimate of drug-likeness (QED) is 0.523. The molecule has 1 fully saturated rings. The van der Waals surface area contributed by atoms with Gasteiger partial charge in [-0.05, 0) is 19.3 Å². The normalized spacial score (nSPS) is 34.8. The molecular weight excluding hydrogens is 118 g/mol. The lowest BCUT2D eigenvalue weighted by atomic mass is 10.1. The zero-order chi connectivity index (χ0) is 6.85. The Kier molecular flexibility index (Phi) is 1.71. The van der Waals surface area contributed by atoms with Crippen LogP contribution in [0.3, 0.4) is 0 Å². The highest BCUT2D eigenvalue weighted by Crippen LogP contribution is 2.22. The SMILES string of the molecule is NC1[CH]CCC1C(=O)O. The molecule has 2 unspecified atom stereocenters. The van der Waals surface area contributed by atoms with Gasteiger partial charge in [0, 0.05) is 6.04 Å². The van der Waals surface area contributed by atoms with Crippen molar-refractivity contribution in [1.82, 2.24) is 0 Å². The van der Waals surface area contributed by atoms with Gasteiger partial charge in [-0.1, -0.05) is 0 Å². The lowest BCUT2D eigenvalue weighted by Crippen LogP contribution is -2.30. The molecule has 2 atom stereocenters. The molecule has 9 heavy (non-hydrogen) atoms. The van der Waals surface area contributed by atoms with Crippen LogP contribution in [0.2, 0.25) is 0 Å². The van der Waals surface area contributed by atoms with Gasteiger partial charge in [0.25, 0.3) is 0 Å². The molecule has 1 aliphatic rings. The summed E-state index contributed by atoms with van der Waals surface area (Å²) in [5, 5.41) is 8.48. The summed E-state index contributed by atoms with van der Waals surface area (Å²) < 4.78 is 0. The van der Waals surface area contributed by atoms with Gasteiger partial charge in [-0.25, -0.2) is 0 Å². The molecule has 1 saturated carbocycles. The molecule has 1 rings (SSSR count). The summed E-state index contributed by atoms with van der Waals surface area (Å²) in [4.78, 5) is 10.3. The largest absolute Gasteiger partial charge is 0.481 e. The van der Waals surface area contributed by atoms with Gasteiger partial charge in [0.15, 0.2) is 0 Å². The molecule has 3 heteroatoms. The standard InChI is InChI=1S/C6H10NO2/c7-5-3-1-2-4(5)6(8)9/h3-5H,1-2,7H2,(H,8,9). The molecule has 0 spiro atoms. The molecular formula is C6H10NO2. The zero-order valence-corrected chi connectivity index (χ0v) is 5.08. The number of hydrogen-bond acceptors (Lipinski definition) is 2. The van der Waals surface area contributed by atoms with Crippen molar-refractivity contribution >= 4 is 5.97 Å². The Morgan fingerprint density at radius 3 is 2.67 bits per heavy atom. The topological polar surface area (TPSA) is 63.3 Å². The average Bonchev–Trinajstić information content (AvgIpc) is 2.13. The molecule has 0 heterocycles.